The maximum Gasteiger partial charge on any atom is 0.255 e. The number of ether oxygens (including phenoxy) is 1. The van der Waals surface area contributed by atoms with Gasteiger partial charge in [0, 0.05) is 41.0 Å². The average Bonchev–Trinajstić information content (AvgIpc) is 3.28. The predicted octanol–water partition coefficient (Wildman–Crippen LogP) is 5.79. The summed E-state index contributed by atoms with van der Waals surface area (Å²) in [7, 11) is 0. The van der Waals surface area contributed by atoms with Gasteiger partial charge < -0.3 is 9.64 Å². The summed E-state index contributed by atoms with van der Waals surface area (Å²) in [6.45, 7) is 1.62. The van der Waals surface area contributed by atoms with Gasteiger partial charge in [0.05, 0.1) is 5.56 Å². The number of amides is 1. The molecule has 0 spiro atoms. The van der Waals surface area contributed by atoms with Gasteiger partial charge in [0.25, 0.3) is 5.91 Å². The lowest BCUT2D eigenvalue weighted by atomic mass is 10.0. The van der Waals surface area contributed by atoms with Crippen LogP contribution in [-0.2, 0) is 0 Å². The zero-order valence-electron chi connectivity index (χ0n) is 15.7. The van der Waals surface area contributed by atoms with Gasteiger partial charge in [0.1, 0.15) is 0 Å². The van der Waals surface area contributed by atoms with Gasteiger partial charge in [-0.2, -0.15) is 0 Å². The Hall–Kier alpha value is -2.56. The topological polar surface area (TPSA) is 42.4 Å². The summed E-state index contributed by atoms with van der Waals surface area (Å²) in [5, 5.41) is 1.25. The highest BCUT2D eigenvalue weighted by Crippen LogP contribution is 2.32. The number of pyridine rings is 1. The Morgan fingerprint density at radius 1 is 0.966 bits per heavy atom. The molecule has 148 valence electrons. The van der Waals surface area contributed by atoms with E-state index in [1.165, 1.54) is 0 Å². The molecule has 29 heavy (non-hydrogen) atoms. The Morgan fingerprint density at radius 3 is 2.34 bits per heavy atom. The van der Waals surface area contributed by atoms with Crippen molar-refractivity contribution in [3.63, 3.8) is 0 Å². The Labute approximate surface area is 180 Å². The Morgan fingerprint density at radius 2 is 1.69 bits per heavy atom. The molecule has 2 aromatic carbocycles. The number of hydrogen-bond acceptors (Lipinski definition) is 3. The van der Waals surface area contributed by atoms with Crippen molar-refractivity contribution < 1.29 is 9.53 Å². The van der Waals surface area contributed by atoms with E-state index in [0.29, 0.717) is 21.5 Å². The van der Waals surface area contributed by atoms with Crippen LogP contribution in [0.15, 0.2) is 66.9 Å². The maximum absolute atomic E-state index is 12.5. The van der Waals surface area contributed by atoms with Crippen molar-refractivity contribution in [1.82, 2.24) is 9.88 Å². The first kappa shape index (κ1) is 19.7. The van der Waals surface area contributed by atoms with Gasteiger partial charge in [0.15, 0.2) is 6.10 Å². The average molecular weight is 427 g/mol. The fourth-order valence-electron chi connectivity index (χ4n) is 3.44. The molecule has 0 N–H and O–H groups in total. The largest absolute Gasteiger partial charge is 0.464 e. The van der Waals surface area contributed by atoms with Gasteiger partial charge in [-0.25, -0.2) is 4.98 Å². The SMILES string of the molecule is O=C(c1ccc(O[C@@H](c2ccc(Cl)cc2)c2ccccc2Cl)nc1)N1CCCC1. The molecule has 1 atom stereocenters. The molecular weight excluding hydrogens is 407 g/mol. The normalized spacial score (nSPS) is 14.6. The molecule has 1 saturated heterocycles. The zero-order chi connectivity index (χ0) is 20.2. The number of likely N-dealkylation sites (tertiary alicyclic amines) is 1. The third-order valence-corrected chi connectivity index (χ3v) is 5.57. The molecule has 0 bridgehead atoms. The Balaban J connectivity index is 1.60. The summed E-state index contributed by atoms with van der Waals surface area (Å²) in [4.78, 5) is 18.7. The van der Waals surface area contributed by atoms with Crippen molar-refractivity contribution in [1.29, 1.82) is 0 Å². The zero-order valence-corrected chi connectivity index (χ0v) is 17.2. The summed E-state index contributed by atoms with van der Waals surface area (Å²) in [6, 6.07) is 18.5. The maximum atomic E-state index is 12.5. The van der Waals surface area contributed by atoms with Crippen molar-refractivity contribution in [3.05, 3.63) is 93.6 Å². The number of benzene rings is 2. The second-order valence-corrected chi connectivity index (χ2v) is 7.80. The van der Waals surface area contributed by atoms with Crippen molar-refractivity contribution in [2.75, 3.05) is 13.1 Å². The standard InChI is InChI=1S/C23H20Cl2N2O2/c24-18-10-7-16(8-11-18)22(19-5-1-2-6-20(19)25)29-21-12-9-17(15-26-21)23(28)27-13-3-4-14-27/h1-2,5-12,15,22H,3-4,13-14H2/t22-/m0/s1. The highest BCUT2D eigenvalue weighted by atomic mass is 35.5. The lowest BCUT2D eigenvalue weighted by Crippen LogP contribution is -2.27. The van der Waals surface area contributed by atoms with E-state index in [2.05, 4.69) is 4.98 Å². The van der Waals surface area contributed by atoms with Crippen molar-refractivity contribution in [2.24, 2.45) is 0 Å². The van der Waals surface area contributed by atoms with Crippen LogP contribution in [0.5, 0.6) is 5.88 Å². The van der Waals surface area contributed by atoms with Crippen LogP contribution in [0, 0.1) is 0 Å². The molecule has 0 radical (unpaired) electrons. The summed E-state index contributed by atoms with van der Waals surface area (Å²) < 4.78 is 6.20. The van der Waals surface area contributed by atoms with Gasteiger partial charge in [-0.1, -0.05) is 53.5 Å². The number of carbonyl (C=O) groups is 1. The molecule has 6 heteroatoms. The smallest absolute Gasteiger partial charge is 0.255 e. The van der Waals surface area contributed by atoms with Crippen LogP contribution in [0.1, 0.15) is 40.4 Å². The summed E-state index contributed by atoms with van der Waals surface area (Å²) in [6.07, 6.45) is 3.23. The predicted molar refractivity (Wildman–Crippen MR) is 115 cm³/mol. The summed E-state index contributed by atoms with van der Waals surface area (Å²) in [5.74, 6) is 0.435. The van der Waals surface area contributed by atoms with Crippen LogP contribution < -0.4 is 4.74 Å². The number of rotatable bonds is 5. The third kappa shape index (κ3) is 4.55. The highest BCUT2D eigenvalue weighted by Gasteiger charge is 2.22. The van der Waals surface area contributed by atoms with E-state index in [4.69, 9.17) is 27.9 Å². The molecule has 3 aromatic rings. The fourth-order valence-corrected chi connectivity index (χ4v) is 3.80. The number of halogens is 2. The fraction of sp³-hybridized carbons (Fsp3) is 0.217. The van der Waals surface area contributed by atoms with E-state index < -0.39 is 6.10 Å². The molecule has 0 saturated carbocycles. The van der Waals surface area contributed by atoms with E-state index in [9.17, 15) is 4.79 Å². The summed E-state index contributed by atoms with van der Waals surface area (Å²) in [5.41, 5.74) is 2.30. The van der Waals surface area contributed by atoms with Gasteiger partial charge in [-0.3, -0.25) is 4.79 Å². The molecular formula is C23H20Cl2N2O2. The van der Waals surface area contributed by atoms with Crippen LogP contribution in [0.3, 0.4) is 0 Å². The molecule has 0 aliphatic carbocycles. The molecule has 1 aliphatic rings. The highest BCUT2D eigenvalue weighted by molar-refractivity contribution is 6.31. The van der Waals surface area contributed by atoms with Gasteiger partial charge >= 0.3 is 0 Å². The first-order valence-corrected chi connectivity index (χ1v) is 10.3. The quantitative estimate of drug-likeness (QED) is 0.518. The molecule has 1 aromatic heterocycles. The van der Waals surface area contributed by atoms with Crippen molar-refractivity contribution >= 4 is 29.1 Å². The second kappa shape index (κ2) is 8.85. The minimum absolute atomic E-state index is 0.0157. The number of carbonyl (C=O) groups excluding carboxylic acids is 1. The lowest BCUT2D eigenvalue weighted by Gasteiger charge is -2.21. The first-order valence-electron chi connectivity index (χ1n) is 9.54. The van der Waals surface area contributed by atoms with Crippen molar-refractivity contribution in [3.8, 4) is 5.88 Å². The van der Waals surface area contributed by atoms with Gasteiger partial charge in [-0.05, 0) is 42.7 Å². The lowest BCUT2D eigenvalue weighted by molar-refractivity contribution is 0.0792. The van der Waals surface area contributed by atoms with E-state index in [-0.39, 0.29) is 5.91 Å². The second-order valence-electron chi connectivity index (χ2n) is 6.96. The summed E-state index contributed by atoms with van der Waals surface area (Å²) >= 11 is 12.5. The molecule has 4 rings (SSSR count). The van der Waals surface area contributed by atoms with E-state index in [1.807, 2.05) is 53.4 Å². The Kier molecular flexibility index (Phi) is 6.02. The molecule has 2 heterocycles. The third-order valence-electron chi connectivity index (χ3n) is 4.98. The molecule has 0 unspecified atom stereocenters. The molecule has 1 amide bonds. The van der Waals surface area contributed by atoms with Crippen molar-refractivity contribution in [2.45, 2.75) is 18.9 Å². The van der Waals surface area contributed by atoms with E-state index in [1.54, 1.807) is 18.3 Å². The number of hydrogen-bond donors (Lipinski definition) is 0. The minimum atomic E-state index is -0.450. The molecule has 1 fully saturated rings. The van der Waals surface area contributed by atoms with E-state index >= 15 is 0 Å². The van der Waals surface area contributed by atoms with E-state index in [0.717, 1.165) is 37.1 Å². The molecule has 4 nitrogen and oxygen atoms in total. The first-order chi connectivity index (χ1) is 14.1. The van der Waals surface area contributed by atoms with Crippen LogP contribution in [0.25, 0.3) is 0 Å². The van der Waals surface area contributed by atoms with Gasteiger partial charge in [0.2, 0.25) is 5.88 Å². The van der Waals surface area contributed by atoms with Crippen LogP contribution in [0.2, 0.25) is 10.0 Å². The number of nitrogens with zero attached hydrogens (tertiary/aromatic N) is 2. The Bertz CT molecular complexity index is 985. The minimum Gasteiger partial charge on any atom is -0.464 e. The number of aromatic nitrogens is 1. The van der Waals surface area contributed by atoms with Crippen LogP contribution >= 0.6 is 23.2 Å². The molecule has 1 aliphatic heterocycles. The van der Waals surface area contributed by atoms with Crippen LogP contribution in [-0.4, -0.2) is 28.9 Å². The van der Waals surface area contributed by atoms with Gasteiger partial charge in [-0.15, -0.1) is 0 Å². The van der Waals surface area contributed by atoms with Crippen LogP contribution in [0.4, 0.5) is 0 Å². The monoisotopic (exact) mass is 426 g/mol.